The number of amides is 3. The van der Waals surface area contributed by atoms with E-state index in [1.165, 1.54) is 4.90 Å². The Hall–Kier alpha value is -4.06. The molecule has 44 heavy (non-hydrogen) atoms. The number of hydrogen-bond donors (Lipinski definition) is 4. The average Bonchev–Trinajstić information content (AvgIpc) is 3.40. The van der Waals surface area contributed by atoms with Crippen LogP contribution in [0.15, 0.2) is 54.6 Å². The van der Waals surface area contributed by atoms with Crippen LogP contribution in [0.3, 0.4) is 0 Å². The normalized spacial score (nSPS) is 15.3. The standard InChI is InChI=1S/C32H41F2N3O7/c1-19(2)14-25(28(39)32(33,34)30(41)42)35-26(38)17-37(24-15-22-12-8-9-13-23(22)16-24)29(40)27(20(3)4)36-31(43)44-18-21-10-6-5-7-11-21/h5-13,19-20,24-25,27-28,39H,14-18H2,1-4H3,(H,35,38)(H,36,43)(H,41,42)/t25-,27-,28?/m0/s1. The van der Waals surface area contributed by atoms with Crippen LogP contribution in [-0.2, 0) is 38.6 Å². The fourth-order valence-electron chi connectivity index (χ4n) is 5.29. The summed E-state index contributed by atoms with van der Waals surface area (Å²) >= 11 is 0. The summed E-state index contributed by atoms with van der Waals surface area (Å²) in [6.07, 6.45) is -2.81. The van der Waals surface area contributed by atoms with E-state index in [-0.39, 0.29) is 18.9 Å². The minimum absolute atomic E-state index is 0.0176. The Kier molecular flexibility index (Phi) is 11.8. The Morgan fingerprint density at radius 2 is 1.52 bits per heavy atom. The van der Waals surface area contributed by atoms with Crippen LogP contribution in [0.25, 0.3) is 0 Å². The third-order valence-electron chi connectivity index (χ3n) is 7.60. The smallest absolute Gasteiger partial charge is 0.408 e. The number of alkyl carbamates (subject to hydrolysis) is 1. The number of carboxylic acids is 1. The molecule has 240 valence electrons. The van der Waals surface area contributed by atoms with Gasteiger partial charge in [0.05, 0.1) is 12.6 Å². The zero-order valence-corrected chi connectivity index (χ0v) is 25.3. The van der Waals surface area contributed by atoms with E-state index >= 15 is 0 Å². The van der Waals surface area contributed by atoms with Crippen molar-refractivity contribution in [3.05, 3.63) is 71.3 Å². The minimum Gasteiger partial charge on any atom is -0.477 e. The Labute approximate surface area is 255 Å². The number of nitrogens with one attached hydrogen (secondary N) is 2. The van der Waals surface area contributed by atoms with Crippen molar-refractivity contribution in [1.29, 1.82) is 0 Å². The van der Waals surface area contributed by atoms with Crippen molar-refractivity contribution >= 4 is 23.9 Å². The first-order chi connectivity index (χ1) is 20.7. The van der Waals surface area contributed by atoms with Gasteiger partial charge in [-0.3, -0.25) is 9.59 Å². The number of nitrogens with zero attached hydrogens (tertiary/aromatic N) is 1. The molecule has 2 aromatic rings. The first kappa shape index (κ1) is 34.4. The van der Waals surface area contributed by atoms with Gasteiger partial charge in [0.1, 0.15) is 18.8 Å². The molecule has 1 unspecified atom stereocenters. The maximum atomic E-state index is 14.2. The van der Waals surface area contributed by atoms with Crippen molar-refractivity contribution in [2.75, 3.05) is 6.54 Å². The van der Waals surface area contributed by atoms with E-state index in [0.29, 0.717) is 12.8 Å². The number of aliphatic hydroxyl groups excluding tert-OH is 1. The van der Waals surface area contributed by atoms with Crippen LogP contribution in [0.1, 0.15) is 50.8 Å². The topological polar surface area (TPSA) is 145 Å². The fourth-order valence-corrected chi connectivity index (χ4v) is 5.29. The number of aliphatic hydroxyl groups is 1. The number of benzene rings is 2. The predicted molar refractivity (Wildman–Crippen MR) is 158 cm³/mol. The van der Waals surface area contributed by atoms with Crippen LogP contribution in [0.5, 0.6) is 0 Å². The largest absolute Gasteiger partial charge is 0.477 e. The van der Waals surface area contributed by atoms with Crippen LogP contribution in [0.2, 0.25) is 0 Å². The SMILES string of the molecule is CC(C)C[C@H](NC(=O)CN(C(=O)[C@@H](NC(=O)OCc1ccccc1)C(C)C)C1Cc2ccccc2C1)C(O)C(F)(F)C(=O)O. The Bertz CT molecular complexity index is 1280. The lowest BCUT2D eigenvalue weighted by atomic mass is 9.95. The molecule has 0 fully saturated rings. The van der Waals surface area contributed by atoms with Crippen LogP contribution in [0.4, 0.5) is 13.6 Å². The maximum Gasteiger partial charge on any atom is 0.408 e. The lowest BCUT2D eigenvalue weighted by Gasteiger charge is -2.35. The van der Waals surface area contributed by atoms with Crippen LogP contribution < -0.4 is 10.6 Å². The summed E-state index contributed by atoms with van der Waals surface area (Å²) < 4.78 is 33.8. The van der Waals surface area contributed by atoms with E-state index < -0.39 is 66.5 Å². The zero-order chi connectivity index (χ0) is 32.6. The van der Waals surface area contributed by atoms with Gasteiger partial charge in [-0.2, -0.15) is 8.78 Å². The van der Waals surface area contributed by atoms with E-state index in [0.717, 1.165) is 16.7 Å². The first-order valence-corrected chi connectivity index (χ1v) is 14.6. The van der Waals surface area contributed by atoms with Gasteiger partial charge in [-0.15, -0.1) is 0 Å². The Morgan fingerprint density at radius 3 is 2.05 bits per heavy atom. The molecule has 3 atom stereocenters. The molecule has 0 spiro atoms. The number of alkyl halides is 2. The fraction of sp³-hybridized carbons (Fsp3) is 0.500. The molecule has 0 radical (unpaired) electrons. The number of ether oxygens (including phenoxy) is 1. The summed E-state index contributed by atoms with van der Waals surface area (Å²) in [5, 5.41) is 24.2. The molecule has 2 aromatic carbocycles. The maximum absolute atomic E-state index is 14.2. The molecule has 3 amide bonds. The van der Waals surface area contributed by atoms with Gasteiger partial charge in [-0.1, -0.05) is 82.3 Å². The number of fused-ring (bicyclic) bond motifs is 1. The van der Waals surface area contributed by atoms with Crippen LogP contribution in [-0.4, -0.2) is 75.7 Å². The van der Waals surface area contributed by atoms with Crippen LogP contribution >= 0.6 is 0 Å². The lowest BCUT2D eigenvalue weighted by molar-refractivity contribution is -0.186. The molecule has 3 rings (SSSR count). The van der Waals surface area contributed by atoms with Gasteiger partial charge >= 0.3 is 18.0 Å². The van der Waals surface area contributed by atoms with E-state index in [4.69, 9.17) is 9.84 Å². The van der Waals surface area contributed by atoms with Gasteiger partial charge in [0, 0.05) is 6.04 Å². The second-order valence-electron chi connectivity index (χ2n) is 11.9. The molecular formula is C32H41F2N3O7. The summed E-state index contributed by atoms with van der Waals surface area (Å²) in [5.41, 5.74) is 2.73. The highest BCUT2D eigenvalue weighted by molar-refractivity contribution is 5.90. The molecule has 0 bridgehead atoms. The number of halogens is 2. The van der Waals surface area contributed by atoms with E-state index in [1.54, 1.807) is 52.0 Å². The highest BCUT2D eigenvalue weighted by Crippen LogP contribution is 2.27. The summed E-state index contributed by atoms with van der Waals surface area (Å²) in [6, 6.07) is 13.4. The lowest BCUT2D eigenvalue weighted by Crippen LogP contribution is -2.59. The van der Waals surface area contributed by atoms with Gasteiger partial charge in [-0.25, -0.2) is 9.59 Å². The molecule has 0 aromatic heterocycles. The Morgan fingerprint density at radius 1 is 0.955 bits per heavy atom. The molecular weight excluding hydrogens is 576 g/mol. The van der Waals surface area contributed by atoms with Gasteiger partial charge in [0.15, 0.2) is 0 Å². The van der Waals surface area contributed by atoms with Crippen molar-refractivity contribution in [1.82, 2.24) is 15.5 Å². The van der Waals surface area contributed by atoms with Crippen molar-refractivity contribution in [3.63, 3.8) is 0 Å². The molecule has 12 heteroatoms. The third-order valence-corrected chi connectivity index (χ3v) is 7.60. The molecule has 0 heterocycles. The number of carboxylic acid groups (broad SMARTS) is 1. The Balaban J connectivity index is 1.82. The number of aliphatic carboxylic acids is 1. The summed E-state index contributed by atoms with van der Waals surface area (Å²) in [6.45, 7) is 6.21. The molecule has 10 nitrogen and oxygen atoms in total. The zero-order valence-electron chi connectivity index (χ0n) is 25.3. The van der Waals surface area contributed by atoms with Gasteiger partial charge in [0.2, 0.25) is 11.8 Å². The first-order valence-electron chi connectivity index (χ1n) is 14.6. The minimum atomic E-state index is -4.51. The second kappa shape index (κ2) is 15.1. The van der Waals surface area contributed by atoms with E-state index in [2.05, 4.69) is 10.6 Å². The summed E-state index contributed by atoms with van der Waals surface area (Å²) in [7, 11) is 0. The van der Waals surface area contributed by atoms with Crippen molar-refractivity contribution in [3.8, 4) is 0 Å². The highest BCUT2D eigenvalue weighted by atomic mass is 19.3. The molecule has 1 aliphatic rings. The summed E-state index contributed by atoms with van der Waals surface area (Å²) in [5.74, 6) is -9.14. The molecule has 0 aliphatic heterocycles. The molecule has 0 saturated carbocycles. The number of carbonyl (C=O) groups is 4. The quantitative estimate of drug-likeness (QED) is 0.254. The number of carbonyl (C=O) groups excluding carboxylic acids is 3. The van der Waals surface area contributed by atoms with Gasteiger partial charge in [-0.05, 0) is 47.8 Å². The average molecular weight is 618 g/mol. The molecule has 1 aliphatic carbocycles. The van der Waals surface area contributed by atoms with Gasteiger partial charge < -0.3 is 30.5 Å². The summed E-state index contributed by atoms with van der Waals surface area (Å²) in [4.78, 5) is 52.5. The number of rotatable bonds is 14. The van der Waals surface area contributed by atoms with Crippen molar-refractivity contribution in [2.24, 2.45) is 11.8 Å². The highest BCUT2D eigenvalue weighted by Gasteiger charge is 2.51. The molecule has 4 N–H and O–H groups in total. The number of hydrogen-bond acceptors (Lipinski definition) is 6. The van der Waals surface area contributed by atoms with E-state index in [1.807, 2.05) is 30.3 Å². The van der Waals surface area contributed by atoms with Crippen molar-refractivity contribution in [2.45, 2.75) is 83.7 Å². The monoisotopic (exact) mass is 617 g/mol. The third kappa shape index (κ3) is 8.98. The second-order valence-corrected chi connectivity index (χ2v) is 11.9. The van der Waals surface area contributed by atoms with E-state index in [9.17, 15) is 33.1 Å². The van der Waals surface area contributed by atoms with Gasteiger partial charge in [0.25, 0.3) is 0 Å². The molecule has 0 saturated heterocycles. The van der Waals surface area contributed by atoms with Crippen LogP contribution in [0, 0.1) is 11.8 Å². The predicted octanol–water partition coefficient (Wildman–Crippen LogP) is 3.55. The van der Waals surface area contributed by atoms with Crippen molar-refractivity contribution < 1.29 is 42.9 Å².